The van der Waals surface area contributed by atoms with Crippen LogP contribution in [-0.2, 0) is 14.4 Å². The summed E-state index contributed by atoms with van der Waals surface area (Å²) in [6.07, 6.45) is 0.550. The van der Waals surface area contributed by atoms with Crippen molar-refractivity contribution >= 4 is 17.3 Å². The van der Waals surface area contributed by atoms with Crippen LogP contribution in [0.15, 0.2) is 0 Å². The van der Waals surface area contributed by atoms with Crippen molar-refractivity contribution in [2.45, 2.75) is 34.1 Å². The van der Waals surface area contributed by atoms with E-state index in [0.29, 0.717) is 6.42 Å². The molecule has 0 N–H and O–H groups in total. The Labute approximate surface area is 83.9 Å². The van der Waals surface area contributed by atoms with Gasteiger partial charge in [0.2, 0.25) is 0 Å². The highest BCUT2D eigenvalue weighted by molar-refractivity contribution is 6.21. The van der Waals surface area contributed by atoms with Crippen LogP contribution >= 0.6 is 0 Å². The highest BCUT2D eigenvalue weighted by Gasteiger charge is 2.47. The van der Waals surface area contributed by atoms with E-state index in [0.717, 1.165) is 0 Å². The molecule has 1 rings (SSSR count). The lowest BCUT2D eigenvalue weighted by Crippen LogP contribution is -2.47. The Morgan fingerprint density at radius 1 is 1.36 bits per heavy atom. The normalized spacial score (nSPS) is 31.7. The van der Waals surface area contributed by atoms with Gasteiger partial charge < -0.3 is 0 Å². The largest absolute Gasteiger partial charge is 0.299 e. The van der Waals surface area contributed by atoms with E-state index in [2.05, 4.69) is 0 Å². The molecule has 2 atom stereocenters. The number of Topliss-reactive ketones (excluding diaryl/α,β-unsaturated/α-hetero) is 3. The maximum absolute atomic E-state index is 11.8. The van der Waals surface area contributed by atoms with Crippen molar-refractivity contribution in [2.24, 2.45) is 17.3 Å². The third kappa shape index (κ3) is 1.63. The average molecular weight is 196 g/mol. The summed E-state index contributed by atoms with van der Waals surface area (Å²) in [6.45, 7) is 6.70. The molecule has 0 aromatic carbocycles. The van der Waals surface area contributed by atoms with E-state index in [1.807, 2.05) is 0 Å². The second-order valence-electron chi connectivity index (χ2n) is 4.80. The molecule has 1 aliphatic carbocycles. The molecule has 0 saturated heterocycles. The predicted molar refractivity (Wildman–Crippen MR) is 51.7 cm³/mol. The van der Waals surface area contributed by atoms with Crippen molar-refractivity contribution in [3.63, 3.8) is 0 Å². The molecule has 2 unspecified atom stereocenters. The van der Waals surface area contributed by atoms with Gasteiger partial charge in [0.05, 0.1) is 0 Å². The second-order valence-corrected chi connectivity index (χ2v) is 4.80. The number of hydrogen-bond donors (Lipinski definition) is 0. The van der Waals surface area contributed by atoms with Crippen molar-refractivity contribution in [2.75, 3.05) is 0 Å². The standard InChI is InChI=1S/C11H16O3/c1-6-5-11(3,4)10(14)8(7(2)12)9(6)13/h6,8H,5H2,1-4H3. The number of ketones is 3. The van der Waals surface area contributed by atoms with Crippen LogP contribution in [0.1, 0.15) is 34.1 Å². The van der Waals surface area contributed by atoms with Crippen LogP contribution in [-0.4, -0.2) is 17.3 Å². The van der Waals surface area contributed by atoms with E-state index >= 15 is 0 Å². The van der Waals surface area contributed by atoms with Crippen molar-refractivity contribution < 1.29 is 14.4 Å². The smallest absolute Gasteiger partial charge is 0.156 e. The van der Waals surface area contributed by atoms with Crippen LogP contribution in [0, 0.1) is 17.3 Å². The minimum Gasteiger partial charge on any atom is -0.299 e. The van der Waals surface area contributed by atoms with Gasteiger partial charge in [0.25, 0.3) is 0 Å². The van der Waals surface area contributed by atoms with E-state index in [1.165, 1.54) is 6.92 Å². The summed E-state index contributed by atoms with van der Waals surface area (Å²) in [5.74, 6) is -1.93. The Morgan fingerprint density at radius 2 is 1.86 bits per heavy atom. The summed E-state index contributed by atoms with van der Waals surface area (Å²) >= 11 is 0. The minimum absolute atomic E-state index is 0.184. The fourth-order valence-corrected chi connectivity index (χ4v) is 2.16. The lowest BCUT2D eigenvalue weighted by molar-refractivity contribution is -0.150. The topological polar surface area (TPSA) is 51.2 Å². The maximum atomic E-state index is 11.8. The van der Waals surface area contributed by atoms with Crippen LogP contribution in [0.2, 0.25) is 0 Å². The Morgan fingerprint density at radius 3 is 2.29 bits per heavy atom. The second kappa shape index (κ2) is 3.30. The van der Waals surface area contributed by atoms with E-state index in [9.17, 15) is 14.4 Å². The zero-order valence-corrected chi connectivity index (χ0v) is 9.09. The maximum Gasteiger partial charge on any atom is 0.156 e. The molecule has 1 saturated carbocycles. The van der Waals surface area contributed by atoms with Crippen LogP contribution in [0.5, 0.6) is 0 Å². The number of hydrogen-bond acceptors (Lipinski definition) is 3. The van der Waals surface area contributed by atoms with Gasteiger partial charge >= 0.3 is 0 Å². The van der Waals surface area contributed by atoms with Crippen LogP contribution < -0.4 is 0 Å². The Bertz CT molecular complexity index is 302. The van der Waals surface area contributed by atoms with Crippen molar-refractivity contribution in [1.29, 1.82) is 0 Å². The SMILES string of the molecule is CC(=O)C1C(=O)C(C)CC(C)(C)C1=O. The van der Waals surface area contributed by atoms with Gasteiger partial charge in [0.1, 0.15) is 11.7 Å². The number of carbonyl (C=O) groups is 3. The third-order valence-electron chi connectivity index (χ3n) is 2.92. The van der Waals surface area contributed by atoms with E-state index in [4.69, 9.17) is 0 Å². The molecule has 0 heterocycles. The average Bonchev–Trinajstić information content (AvgIpc) is 2.00. The van der Waals surface area contributed by atoms with E-state index in [1.54, 1.807) is 20.8 Å². The first-order valence-electron chi connectivity index (χ1n) is 4.86. The lowest BCUT2D eigenvalue weighted by Gasteiger charge is -2.35. The van der Waals surface area contributed by atoms with Crippen LogP contribution in [0.3, 0.4) is 0 Å². The number of rotatable bonds is 1. The van der Waals surface area contributed by atoms with Crippen molar-refractivity contribution in [1.82, 2.24) is 0 Å². The number of carbonyl (C=O) groups excluding carboxylic acids is 3. The fraction of sp³-hybridized carbons (Fsp3) is 0.727. The highest BCUT2D eigenvalue weighted by Crippen LogP contribution is 2.36. The minimum atomic E-state index is -1.01. The van der Waals surface area contributed by atoms with E-state index in [-0.39, 0.29) is 23.3 Å². The molecule has 0 bridgehead atoms. The first kappa shape index (κ1) is 11.1. The molecule has 0 radical (unpaired) electrons. The lowest BCUT2D eigenvalue weighted by atomic mass is 9.65. The van der Waals surface area contributed by atoms with Crippen molar-refractivity contribution in [3.8, 4) is 0 Å². The zero-order chi connectivity index (χ0) is 11.1. The molecule has 1 aliphatic rings. The van der Waals surface area contributed by atoms with Crippen LogP contribution in [0.25, 0.3) is 0 Å². The Kier molecular flexibility index (Phi) is 2.61. The molecular formula is C11H16O3. The van der Waals surface area contributed by atoms with E-state index < -0.39 is 11.3 Å². The molecule has 0 spiro atoms. The summed E-state index contributed by atoms with van der Waals surface area (Å²) in [7, 11) is 0. The first-order chi connectivity index (χ1) is 6.27. The van der Waals surface area contributed by atoms with Gasteiger partial charge in [0.15, 0.2) is 11.6 Å². The highest BCUT2D eigenvalue weighted by atomic mass is 16.2. The van der Waals surface area contributed by atoms with Gasteiger partial charge in [0, 0.05) is 11.3 Å². The molecule has 1 fully saturated rings. The molecule has 0 aliphatic heterocycles. The monoisotopic (exact) mass is 196 g/mol. The molecule has 0 aromatic rings. The summed E-state index contributed by atoms with van der Waals surface area (Å²) in [4.78, 5) is 34.6. The molecular weight excluding hydrogens is 180 g/mol. The summed E-state index contributed by atoms with van der Waals surface area (Å²) in [6, 6.07) is 0. The van der Waals surface area contributed by atoms with Gasteiger partial charge in [-0.15, -0.1) is 0 Å². The van der Waals surface area contributed by atoms with Gasteiger partial charge in [-0.05, 0) is 13.3 Å². The molecule has 14 heavy (non-hydrogen) atoms. The molecule has 78 valence electrons. The quantitative estimate of drug-likeness (QED) is 0.595. The van der Waals surface area contributed by atoms with Crippen LogP contribution in [0.4, 0.5) is 0 Å². The van der Waals surface area contributed by atoms with Gasteiger partial charge in [-0.3, -0.25) is 14.4 Å². The first-order valence-corrected chi connectivity index (χ1v) is 4.86. The molecule has 3 heteroatoms. The Balaban J connectivity index is 3.08. The molecule has 3 nitrogen and oxygen atoms in total. The van der Waals surface area contributed by atoms with Gasteiger partial charge in [-0.25, -0.2) is 0 Å². The predicted octanol–water partition coefficient (Wildman–Crippen LogP) is 1.40. The van der Waals surface area contributed by atoms with Gasteiger partial charge in [-0.1, -0.05) is 20.8 Å². The zero-order valence-electron chi connectivity index (χ0n) is 9.09. The molecule has 0 amide bonds. The van der Waals surface area contributed by atoms with Gasteiger partial charge in [-0.2, -0.15) is 0 Å². The fourth-order valence-electron chi connectivity index (χ4n) is 2.16. The summed E-state index contributed by atoms with van der Waals surface area (Å²) < 4.78 is 0. The van der Waals surface area contributed by atoms with Crippen molar-refractivity contribution in [3.05, 3.63) is 0 Å². The summed E-state index contributed by atoms with van der Waals surface area (Å²) in [5.41, 5.74) is -0.538. The summed E-state index contributed by atoms with van der Waals surface area (Å²) in [5, 5.41) is 0. The Hall–Kier alpha value is -0.990. The molecule has 0 aromatic heterocycles. The third-order valence-corrected chi connectivity index (χ3v) is 2.92.